The minimum Gasteiger partial charge on any atom is -0.326 e. The zero-order valence-corrected chi connectivity index (χ0v) is 8.22. The molecule has 1 aromatic carbocycles. The summed E-state index contributed by atoms with van der Waals surface area (Å²) in [6, 6.07) is 10.3. The normalized spacial score (nSPS) is 11.3. The topological polar surface area (TPSA) is 43.3 Å². The van der Waals surface area contributed by atoms with Crippen molar-refractivity contribution in [2.45, 2.75) is 6.54 Å². The second kappa shape index (κ2) is 3.07. The number of hydrogen-bond donors (Lipinski definition) is 1. The maximum absolute atomic E-state index is 5.74. The van der Waals surface area contributed by atoms with Crippen molar-refractivity contribution < 1.29 is 0 Å². The molecule has 0 amide bonds. The molecule has 0 spiro atoms. The number of aromatic nitrogens is 2. The van der Waals surface area contributed by atoms with Gasteiger partial charge in [0, 0.05) is 18.9 Å². The number of fused-ring (bicyclic) bond motifs is 3. The van der Waals surface area contributed by atoms with E-state index in [0.29, 0.717) is 6.54 Å². The predicted molar refractivity (Wildman–Crippen MR) is 60.6 cm³/mol. The molecule has 0 bridgehead atoms. The Bertz CT molecular complexity index is 625. The standard InChI is InChI=1S/C12H11N3/c13-8-10-3-1-2-9-4-5-11-14-6-7-15(11)12(9)10/h1-7H,8,13H2. The van der Waals surface area contributed by atoms with Crippen LogP contribution in [0.1, 0.15) is 5.56 Å². The lowest BCUT2D eigenvalue weighted by Gasteiger charge is -2.06. The van der Waals surface area contributed by atoms with Gasteiger partial charge in [-0.3, -0.25) is 4.40 Å². The molecule has 2 N–H and O–H groups in total. The van der Waals surface area contributed by atoms with Crippen LogP contribution < -0.4 is 5.73 Å². The average molecular weight is 197 g/mol. The van der Waals surface area contributed by atoms with E-state index in [-0.39, 0.29) is 0 Å². The Morgan fingerprint density at radius 1 is 1.20 bits per heavy atom. The molecular formula is C12H11N3. The molecule has 3 rings (SSSR count). The van der Waals surface area contributed by atoms with Crippen LogP contribution >= 0.6 is 0 Å². The zero-order chi connectivity index (χ0) is 10.3. The highest BCUT2D eigenvalue weighted by molar-refractivity contribution is 5.84. The van der Waals surface area contributed by atoms with Crippen molar-refractivity contribution in [3.8, 4) is 0 Å². The zero-order valence-electron chi connectivity index (χ0n) is 8.22. The van der Waals surface area contributed by atoms with Gasteiger partial charge < -0.3 is 5.73 Å². The van der Waals surface area contributed by atoms with Crippen LogP contribution in [0.3, 0.4) is 0 Å². The fraction of sp³-hybridized carbons (Fsp3) is 0.0833. The second-order valence-corrected chi connectivity index (χ2v) is 3.55. The van der Waals surface area contributed by atoms with Crippen LogP contribution in [0, 0.1) is 0 Å². The summed E-state index contributed by atoms with van der Waals surface area (Å²) < 4.78 is 2.08. The summed E-state index contributed by atoms with van der Waals surface area (Å²) in [5, 5.41) is 1.20. The number of nitrogens with zero attached hydrogens (tertiary/aromatic N) is 2. The molecule has 2 heterocycles. The number of para-hydroxylation sites is 1. The Morgan fingerprint density at radius 3 is 3.00 bits per heavy atom. The van der Waals surface area contributed by atoms with Gasteiger partial charge >= 0.3 is 0 Å². The summed E-state index contributed by atoms with van der Waals surface area (Å²) in [6.07, 6.45) is 3.78. The van der Waals surface area contributed by atoms with Crippen LogP contribution in [-0.2, 0) is 6.54 Å². The molecule has 0 aliphatic carbocycles. The molecule has 3 heteroatoms. The van der Waals surface area contributed by atoms with Gasteiger partial charge in [0.15, 0.2) is 0 Å². The molecule has 0 unspecified atom stereocenters. The van der Waals surface area contributed by atoms with E-state index in [1.165, 1.54) is 5.39 Å². The van der Waals surface area contributed by atoms with E-state index in [9.17, 15) is 0 Å². The van der Waals surface area contributed by atoms with Gasteiger partial charge in [-0.25, -0.2) is 4.98 Å². The summed E-state index contributed by atoms with van der Waals surface area (Å²) in [7, 11) is 0. The van der Waals surface area contributed by atoms with E-state index in [1.54, 1.807) is 0 Å². The van der Waals surface area contributed by atoms with Crippen LogP contribution in [0.2, 0.25) is 0 Å². The molecule has 0 saturated carbocycles. The van der Waals surface area contributed by atoms with Crippen LogP contribution in [-0.4, -0.2) is 9.38 Å². The lowest BCUT2D eigenvalue weighted by Crippen LogP contribution is -2.00. The molecular weight excluding hydrogens is 186 g/mol. The van der Waals surface area contributed by atoms with Gasteiger partial charge in [-0.05, 0) is 23.1 Å². The lowest BCUT2D eigenvalue weighted by atomic mass is 10.1. The minimum absolute atomic E-state index is 0.550. The van der Waals surface area contributed by atoms with Gasteiger partial charge in [0.05, 0.1) is 5.52 Å². The molecule has 0 atom stereocenters. The van der Waals surface area contributed by atoms with E-state index in [2.05, 4.69) is 27.6 Å². The van der Waals surface area contributed by atoms with Gasteiger partial charge in [0.25, 0.3) is 0 Å². The molecule has 0 fully saturated rings. The van der Waals surface area contributed by atoms with Crippen molar-refractivity contribution >= 4 is 16.6 Å². The van der Waals surface area contributed by atoms with Gasteiger partial charge in [0.1, 0.15) is 5.65 Å². The van der Waals surface area contributed by atoms with Crippen LogP contribution in [0.5, 0.6) is 0 Å². The second-order valence-electron chi connectivity index (χ2n) is 3.55. The summed E-state index contributed by atoms with van der Waals surface area (Å²) in [5.41, 5.74) is 9.01. The van der Waals surface area contributed by atoms with Crippen molar-refractivity contribution in [2.75, 3.05) is 0 Å². The van der Waals surface area contributed by atoms with Crippen molar-refractivity contribution in [1.82, 2.24) is 9.38 Å². The van der Waals surface area contributed by atoms with Gasteiger partial charge in [-0.15, -0.1) is 0 Å². The Kier molecular flexibility index (Phi) is 1.73. The van der Waals surface area contributed by atoms with Crippen molar-refractivity contribution in [3.63, 3.8) is 0 Å². The van der Waals surface area contributed by atoms with Crippen LogP contribution in [0.4, 0.5) is 0 Å². The number of hydrogen-bond acceptors (Lipinski definition) is 2. The number of benzene rings is 1. The van der Waals surface area contributed by atoms with Gasteiger partial charge in [0.2, 0.25) is 0 Å². The highest BCUT2D eigenvalue weighted by Gasteiger charge is 2.03. The quantitative estimate of drug-likeness (QED) is 0.648. The Labute approximate surface area is 87.2 Å². The smallest absolute Gasteiger partial charge is 0.137 e. The molecule has 3 aromatic rings. The first-order chi connectivity index (χ1) is 7.40. The van der Waals surface area contributed by atoms with E-state index in [4.69, 9.17) is 5.73 Å². The van der Waals surface area contributed by atoms with Gasteiger partial charge in [-0.1, -0.05) is 18.2 Å². The number of imidazole rings is 1. The number of nitrogens with two attached hydrogens (primary N) is 1. The minimum atomic E-state index is 0.550. The van der Waals surface area contributed by atoms with E-state index in [0.717, 1.165) is 16.7 Å². The first-order valence-corrected chi connectivity index (χ1v) is 4.94. The third-order valence-electron chi connectivity index (χ3n) is 2.69. The monoisotopic (exact) mass is 197 g/mol. The van der Waals surface area contributed by atoms with Crippen LogP contribution in [0.25, 0.3) is 16.6 Å². The summed E-state index contributed by atoms with van der Waals surface area (Å²) in [6.45, 7) is 0.550. The maximum atomic E-state index is 5.74. The number of rotatable bonds is 1. The fourth-order valence-electron chi connectivity index (χ4n) is 2.00. The molecule has 2 aromatic heterocycles. The first-order valence-electron chi connectivity index (χ1n) is 4.94. The predicted octanol–water partition coefficient (Wildman–Crippen LogP) is 1.95. The third kappa shape index (κ3) is 1.13. The molecule has 3 nitrogen and oxygen atoms in total. The Hall–Kier alpha value is -1.87. The lowest BCUT2D eigenvalue weighted by molar-refractivity contribution is 1.07. The first kappa shape index (κ1) is 8.44. The van der Waals surface area contributed by atoms with Crippen molar-refractivity contribution in [1.29, 1.82) is 0 Å². The molecule has 0 radical (unpaired) electrons. The molecule has 0 aliphatic rings. The highest BCUT2D eigenvalue weighted by Crippen LogP contribution is 2.19. The fourth-order valence-corrected chi connectivity index (χ4v) is 2.00. The number of pyridine rings is 1. The highest BCUT2D eigenvalue weighted by atomic mass is 15.0. The van der Waals surface area contributed by atoms with Gasteiger partial charge in [-0.2, -0.15) is 0 Å². The largest absolute Gasteiger partial charge is 0.326 e. The molecule has 15 heavy (non-hydrogen) atoms. The SMILES string of the molecule is NCc1cccc2ccc3nccn3c12. The Morgan fingerprint density at radius 2 is 2.13 bits per heavy atom. The van der Waals surface area contributed by atoms with Crippen molar-refractivity contribution in [2.24, 2.45) is 5.73 Å². The Balaban J connectivity index is 2.58. The molecule has 0 aliphatic heterocycles. The average Bonchev–Trinajstić information content (AvgIpc) is 2.76. The van der Waals surface area contributed by atoms with Crippen LogP contribution in [0.15, 0.2) is 42.7 Å². The molecule has 0 saturated heterocycles. The maximum Gasteiger partial charge on any atom is 0.137 e. The summed E-state index contributed by atoms with van der Waals surface area (Å²) in [5.74, 6) is 0. The summed E-state index contributed by atoms with van der Waals surface area (Å²) >= 11 is 0. The van der Waals surface area contributed by atoms with Crippen molar-refractivity contribution in [3.05, 3.63) is 48.3 Å². The van der Waals surface area contributed by atoms with E-state index in [1.807, 2.05) is 24.5 Å². The molecule has 74 valence electrons. The van der Waals surface area contributed by atoms with E-state index < -0.39 is 0 Å². The summed E-state index contributed by atoms with van der Waals surface area (Å²) in [4.78, 5) is 4.27. The third-order valence-corrected chi connectivity index (χ3v) is 2.69. The van der Waals surface area contributed by atoms with E-state index >= 15 is 0 Å².